The predicted octanol–water partition coefficient (Wildman–Crippen LogP) is 2.60. The maximum atomic E-state index is 11.1. The van der Waals surface area contributed by atoms with E-state index in [4.69, 9.17) is 9.63 Å². The lowest BCUT2D eigenvalue weighted by molar-refractivity contribution is 0.0685. The van der Waals surface area contributed by atoms with Crippen molar-refractivity contribution in [1.29, 1.82) is 0 Å². The summed E-state index contributed by atoms with van der Waals surface area (Å²) in [6.45, 7) is 4.09. The van der Waals surface area contributed by atoms with Crippen LogP contribution in [0.1, 0.15) is 27.5 Å². The van der Waals surface area contributed by atoms with Crippen LogP contribution in [0, 0.1) is 13.8 Å². The van der Waals surface area contributed by atoms with Crippen molar-refractivity contribution in [3.63, 3.8) is 0 Å². The molecular formula is C11H11BrN2O3. The molecule has 0 fully saturated rings. The number of rotatable bonds is 3. The van der Waals surface area contributed by atoms with E-state index in [0.29, 0.717) is 12.3 Å². The zero-order chi connectivity index (χ0) is 12.6. The van der Waals surface area contributed by atoms with E-state index in [0.717, 1.165) is 15.7 Å². The normalized spacial score (nSPS) is 10.8. The zero-order valence-corrected chi connectivity index (χ0v) is 11.0. The van der Waals surface area contributed by atoms with Crippen LogP contribution in [0.4, 0.5) is 0 Å². The Morgan fingerprint density at radius 1 is 1.59 bits per heavy atom. The van der Waals surface area contributed by atoms with Gasteiger partial charge in [0.05, 0.1) is 12.2 Å². The van der Waals surface area contributed by atoms with Crippen molar-refractivity contribution < 1.29 is 14.4 Å². The van der Waals surface area contributed by atoms with E-state index < -0.39 is 5.97 Å². The van der Waals surface area contributed by atoms with Gasteiger partial charge in [-0.1, -0.05) is 5.16 Å². The lowest BCUT2D eigenvalue weighted by atomic mass is 10.2. The van der Waals surface area contributed by atoms with Gasteiger partial charge < -0.3 is 14.2 Å². The average Bonchev–Trinajstić information content (AvgIpc) is 2.76. The van der Waals surface area contributed by atoms with E-state index in [1.54, 1.807) is 16.8 Å². The Labute approximate surface area is 106 Å². The summed E-state index contributed by atoms with van der Waals surface area (Å²) in [5.41, 5.74) is 1.93. The molecule has 0 aliphatic carbocycles. The van der Waals surface area contributed by atoms with Gasteiger partial charge in [0, 0.05) is 16.2 Å². The summed E-state index contributed by atoms with van der Waals surface area (Å²) in [6, 6.07) is 1.57. The van der Waals surface area contributed by atoms with Crippen molar-refractivity contribution in [2.75, 3.05) is 0 Å². The van der Waals surface area contributed by atoms with Crippen molar-refractivity contribution in [3.05, 3.63) is 39.4 Å². The molecule has 0 atom stereocenters. The largest absolute Gasteiger partial charge is 0.477 e. The van der Waals surface area contributed by atoms with Gasteiger partial charge in [-0.05, 0) is 35.8 Å². The number of aromatic nitrogens is 2. The zero-order valence-electron chi connectivity index (χ0n) is 9.40. The number of carboxylic acid groups (broad SMARTS) is 1. The van der Waals surface area contributed by atoms with E-state index in [-0.39, 0.29) is 5.69 Å². The minimum absolute atomic E-state index is 0.233. The van der Waals surface area contributed by atoms with Gasteiger partial charge >= 0.3 is 5.97 Å². The molecule has 0 unspecified atom stereocenters. The molecule has 2 rings (SSSR count). The molecular weight excluding hydrogens is 288 g/mol. The maximum absolute atomic E-state index is 11.1. The van der Waals surface area contributed by atoms with Crippen LogP contribution in [-0.4, -0.2) is 20.8 Å². The second-order valence-electron chi connectivity index (χ2n) is 3.78. The van der Waals surface area contributed by atoms with Gasteiger partial charge in [0.15, 0.2) is 0 Å². The highest BCUT2D eigenvalue weighted by Crippen LogP contribution is 2.19. The first-order chi connectivity index (χ1) is 7.99. The first-order valence-electron chi connectivity index (χ1n) is 4.99. The lowest BCUT2D eigenvalue weighted by Crippen LogP contribution is -2.09. The fraction of sp³-hybridized carbons (Fsp3) is 0.273. The second kappa shape index (κ2) is 4.37. The van der Waals surface area contributed by atoms with Crippen LogP contribution >= 0.6 is 15.9 Å². The lowest BCUT2D eigenvalue weighted by Gasteiger charge is -2.05. The Hall–Kier alpha value is -1.56. The summed E-state index contributed by atoms with van der Waals surface area (Å²) in [7, 11) is 0. The molecule has 0 radical (unpaired) electrons. The molecule has 2 aromatic heterocycles. The summed E-state index contributed by atoms with van der Waals surface area (Å²) in [6.07, 6.45) is 1.73. The van der Waals surface area contributed by atoms with E-state index in [2.05, 4.69) is 21.1 Å². The molecule has 90 valence electrons. The Bertz CT molecular complexity index is 552. The molecule has 0 aliphatic heterocycles. The SMILES string of the molecule is Cc1noc(C)c1Cn1cc(Br)cc1C(=O)O. The average molecular weight is 299 g/mol. The third-order valence-electron chi connectivity index (χ3n) is 2.59. The number of hydrogen-bond acceptors (Lipinski definition) is 3. The Kier molecular flexibility index (Phi) is 3.06. The van der Waals surface area contributed by atoms with Crippen molar-refractivity contribution in [2.45, 2.75) is 20.4 Å². The van der Waals surface area contributed by atoms with Gasteiger partial charge in [0.1, 0.15) is 11.5 Å². The number of aryl methyl sites for hydroxylation is 2. The predicted molar refractivity (Wildman–Crippen MR) is 64.2 cm³/mol. The van der Waals surface area contributed by atoms with Crippen molar-refractivity contribution >= 4 is 21.9 Å². The minimum atomic E-state index is -0.956. The number of aromatic carboxylic acids is 1. The number of halogens is 1. The number of nitrogens with zero attached hydrogens (tertiary/aromatic N) is 2. The Morgan fingerprint density at radius 2 is 2.29 bits per heavy atom. The highest BCUT2D eigenvalue weighted by Gasteiger charge is 2.15. The molecule has 1 N–H and O–H groups in total. The molecule has 2 aromatic rings. The molecule has 17 heavy (non-hydrogen) atoms. The fourth-order valence-electron chi connectivity index (χ4n) is 1.68. The van der Waals surface area contributed by atoms with Crippen LogP contribution in [0.3, 0.4) is 0 Å². The number of hydrogen-bond donors (Lipinski definition) is 1. The first-order valence-corrected chi connectivity index (χ1v) is 5.79. The molecule has 0 aliphatic rings. The van der Waals surface area contributed by atoms with Crippen molar-refractivity contribution in [1.82, 2.24) is 9.72 Å². The Balaban J connectivity index is 2.39. The monoisotopic (exact) mass is 298 g/mol. The van der Waals surface area contributed by atoms with Gasteiger partial charge in [-0.3, -0.25) is 0 Å². The van der Waals surface area contributed by atoms with E-state index >= 15 is 0 Å². The second-order valence-corrected chi connectivity index (χ2v) is 4.70. The molecule has 2 heterocycles. The van der Waals surface area contributed by atoms with Gasteiger partial charge in [-0.15, -0.1) is 0 Å². The van der Waals surface area contributed by atoms with Gasteiger partial charge in [-0.2, -0.15) is 0 Å². The van der Waals surface area contributed by atoms with Crippen LogP contribution in [0.2, 0.25) is 0 Å². The molecule has 0 saturated heterocycles. The third-order valence-corrected chi connectivity index (χ3v) is 3.03. The quantitative estimate of drug-likeness (QED) is 0.946. The topological polar surface area (TPSA) is 68.3 Å². The number of carbonyl (C=O) groups is 1. The first kappa shape index (κ1) is 11.9. The van der Waals surface area contributed by atoms with E-state index in [1.165, 1.54) is 0 Å². The van der Waals surface area contributed by atoms with Crippen LogP contribution in [0.15, 0.2) is 21.3 Å². The van der Waals surface area contributed by atoms with Gasteiger partial charge in [0.25, 0.3) is 0 Å². The van der Waals surface area contributed by atoms with Crippen LogP contribution in [-0.2, 0) is 6.54 Å². The molecule has 0 saturated carbocycles. The summed E-state index contributed by atoms with van der Waals surface area (Å²) < 4.78 is 7.44. The summed E-state index contributed by atoms with van der Waals surface area (Å²) in [5.74, 6) is -0.244. The van der Waals surface area contributed by atoms with Crippen molar-refractivity contribution in [2.24, 2.45) is 0 Å². The molecule has 5 nitrogen and oxygen atoms in total. The summed E-state index contributed by atoms with van der Waals surface area (Å²) in [5, 5.41) is 12.9. The van der Waals surface area contributed by atoms with Gasteiger partial charge in [-0.25, -0.2) is 4.79 Å². The van der Waals surface area contributed by atoms with Crippen LogP contribution < -0.4 is 0 Å². The minimum Gasteiger partial charge on any atom is -0.477 e. The molecule has 0 aromatic carbocycles. The van der Waals surface area contributed by atoms with E-state index in [9.17, 15) is 4.79 Å². The van der Waals surface area contributed by atoms with E-state index in [1.807, 2.05) is 13.8 Å². The molecule has 0 spiro atoms. The maximum Gasteiger partial charge on any atom is 0.352 e. The molecule has 0 amide bonds. The molecule has 6 heteroatoms. The highest BCUT2D eigenvalue weighted by molar-refractivity contribution is 9.10. The summed E-state index contributed by atoms with van der Waals surface area (Å²) >= 11 is 3.27. The molecule has 0 bridgehead atoms. The van der Waals surface area contributed by atoms with Crippen molar-refractivity contribution in [3.8, 4) is 0 Å². The smallest absolute Gasteiger partial charge is 0.352 e. The third kappa shape index (κ3) is 2.26. The van der Waals surface area contributed by atoms with Gasteiger partial charge in [0.2, 0.25) is 0 Å². The summed E-state index contributed by atoms with van der Waals surface area (Å²) in [4.78, 5) is 11.1. The number of carboxylic acids is 1. The van der Waals surface area contributed by atoms with Crippen LogP contribution in [0.5, 0.6) is 0 Å². The standard InChI is InChI=1S/C11H11BrN2O3/c1-6-9(7(2)17-13-6)5-14-4-8(12)3-10(14)11(15)16/h3-4H,5H2,1-2H3,(H,15,16). The fourth-order valence-corrected chi connectivity index (χ4v) is 2.15. The Morgan fingerprint density at radius 3 is 2.82 bits per heavy atom. The highest BCUT2D eigenvalue weighted by atomic mass is 79.9. The van der Waals surface area contributed by atoms with Crippen LogP contribution in [0.25, 0.3) is 0 Å².